The van der Waals surface area contributed by atoms with Crippen molar-refractivity contribution in [2.45, 2.75) is 30.1 Å². The number of hydrogen-bond acceptors (Lipinski definition) is 10. The molecule has 0 spiro atoms. The third-order valence-electron chi connectivity index (χ3n) is 7.62. The first-order valence-corrected chi connectivity index (χ1v) is 15.1. The Labute approximate surface area is 263 Å². The number of aromatic nitrogens is 4. The summed E-state index contributed by atoms with van der Waals surface area (Å²) in [7, 11) is 3.01. The number of carbonyl (C=O) groups excluding carboxylic acids is 3. The van der Waals surface area contributed by atoms with Crippen LogP contribution in [-0.4, -0.2) is 74.3 Å². The van der Waals surface area contributed by atoms with Gasteiger partial charge in [-0.2, -0.15) is 0 Å². The van der Waals surface area contributed by atoms with Crippen LogP contribution in [0.15, 0.2) is 101 Å². The largest absolute Gasteiger partial charge is 0.448 e. The van der Waals surface area contributed by atoms with E-state index in [-0.39, 0.29) is 18.1 Å². The lowest BCUT2D eigenvalue weighted by atomic mass is 9.93. The second-order valence-electron chi connectivity index (χ2n) is 10.5. The summed E-state index contributed by atoms with van der Waals surface area (Å²) >= 11 is 1.28. The molecule has 0 unspecified atom stereocenters. The van der Waals surface area contributed by atoms with Gasteiger partial charge in [0.25, 0.3) is 17.5 Å². The van der Waals surface area contributed by atoms with Crippen LogP contribution < -0.4 is 5.32 Å². The highest BCUT2D eigenvalue weighted by Crippen LogP contribution is 2.42. The Kier molecular flexibility index (Phi) is 8.48. The number of benzene rings is 3. The van der Waals surface area contributed by atoms with Crippen molar-refractivity contribution in [3.8, 4) is 0 Å². The SMILES string of the molecule is CO[C@@]1(NC(=O)c2ccc(C)cc2)C(=O)N2C(C(=O)OC(c3ccccc3)c3ccccc3)=C(CSc3nnnn3C)CO[C@@H]21. The third-order valence-corrected chi connectivity index (χ3v) is 8.72. The molecule has 2 amide bonds. The molecule has 1 saturated heterocycles. The maximum atomic E-state index is 14.2. The van der Waals surface area contributed by atoms with E-state index in [2.05, 4.69) is 20.8 Å². The zero-order valence-corrected chi connectivity index (χ0v) is 25.6. The highest BCUT2D eigenvalue weighted by molar-refractivity contribution is 7.99. The Morgan fingerprint density at radius 1 is 1.04 bits per heavy atom. The fourth-order valence-corrected chi connectivity index (χ4v) is 6.07. The molecule has 3 aromatic carbocycles. The molecule has 1 fully saturated rings. The van der Waals surface area contributed by atoms with Crippen LogP contribution in [-0.2, 0) is 30.8 Å². The summed E-state index contributed by atoms with van der Waals surface area (Å²) in [5, 5.41) is 14.7. The molecule has 13 heteroatoms. The number of aryl methyl sites for hydroxylation is 2. The maximum Gasteiger partial charge on any atom is 0.356 e. The van der Waals surface area contributed by atoms with E-state index >= 15 is 0 Å². The molecule has 230 valence electrons. The van der Waals surface area contributed by atoms with Gasteiger partial charge in [-0.15, -0.1) is 5.10 Å². The van der Waals surface area contributed by atoms with Crippen molar-refractivity contribution in [2.24, 2.45) is 7.05 Å². The minimum absolute atomic E-state index is 0.0213. The van der Waals surface area contributed by atoms with Crippen LogP contribution in [0.1, 0.15) is 33.2 Å². The van der Waals surface area contributed by atoms with Gasteiger partial charge in [0.05, 0.1) is 6.61 Å². The molecule has 0 bridgehead atoms. The molecule has 1 N–H and O–H groups in total. The molecule has 45 heavy (non-hydrogen) atoms. The Balaban J connectivity index is 1.34. The molecule has 0 radical (unpaired) electrons. The van der Waals surface area contributed by atoms with Crippen LogP contribution in [0.4, 0.5) is 0 Å². The number of fused-ring (bicyclic) bond motifs is 1. The van der Waals surface area contributed by atoms with Crippen LogP contribution in [0, 0.1) is 6.92 Å². The molecular formula is C32H30N6O6S. The first-order valence-electron chi connectivity index (χ1n) is 14.1. The van der Waals surface area contributed by atoms with Gasteiger partial charge in [-0.3, -0.25) is 14.5 Å². The second-order valence-corrected chi connectivity index (χ2v) is 11.5. The van der Waals surface area contributed by atoms with E-state index in [0.717, 1.165) is 16.7 Å². The third kappa shape index (κ3) is 5.72. The highest BCUT2D eigenvalue weighted by atomic mass is 32.2. The van der Waals surface area contributed by atoms with Crippen LogP contribution in [0.5, 0.6) is 0 Å². The van der Waals surface area contributed by atoms with E-state index in [9.17, 15) is 14.4 Å². The molecule has 6 rings (SSSR count). The van der Waals surface area contributed by atoms with Crippen molar-refractivity contribution < 1.29 is 28.6 Å². The fourth-order valence-electron chi connectivity index (χ4n) is 5.23. The van der Waals surface area contributed by atoms with E-state index in [1.54, 1.807) is 31.3 Å². The van der Waals surface area contributed by atoms with Gasteiger partial charge >= 0.3 is 5.97 Å². The molecule has 4 aromatic rings. The predicted octanol–water partition coefficient (Wildman–Crippen LogP) is 3.17. The highest BCUT2D eigenvalue weighted by Gasteiger charge is 2.67. The van der Waals surface area contributed by atoms with Crippen LogP contribution >= 0.6 is 11.8 Å². The maximum absolute atomic E-state index is 14.2. The number of nitrogens with zero attached hydrogens (tertiary/aromatic N) is 5. The van der Waals surface area contributed by atoms with E-state index in [4.69, 9.17) is 14.2 Å². The van der Waals surface area contributed by atoms with Crippen molar-refractivity contribution in [2.75, 3.05) is 19.5 Å². The first-order chi connectivity index (χ1) is 21.8. The standard InChI is InChI=1S/C32H30N6O6S/c1-20-14-16-23(17-15-20)27(39)33-32(42-3)29(41)38-25(24(18-43-30(32)38)19-45-31-34-35-36-37(31)2)28(40)44-26(21-10-6-4-7-11-21)22-12-8-5-9-13-22/h4-17,26,30H,18-19H2,1-3H3,(H,33,39)/t30-,32+/m1/s1. The number of hydrogen-bond donors (Lipinski definition) is 1. The van der Waals surface area contributed by atoms with Gasteiger partial charge in [0.15, 0.2) is 12.3 Å². The summed E-state index contributed by atoms with van der Waals surface area (Å²) in [6, 6.07) is 25.6. The number of carbonyl (C=O) groups is 3. The van der Waals surface area contributed by atoms with E-state index in [1.165, 1.54) is 28.5 Å². The van der Waals surface area contributed by atoms with Crippen molar-refractivity contribution in [3.05, 3.63) is 118 Å². The molecule has 3 heterocycles. The number of methoxy groups -OCH3 is 1. The number of ether oxygens (including phenoxy) is 3. The normalized spacial score (nSPS) is 19.2. The van der Waals surface area contributed by atoms with Gasteiger partial charge in [-0.25, -0.2) is 9.48 Å². The first kappa shape index (κ1) is 30.2. The van der Waals surface area contributed by atoms with Gasteiger partial charge in [-0.1, -0.05) is 90.1 Å². The van der Waals surface area contributed by atoms with Crippen molar-refractivity contribution in [3.63, 3.8) is 0 Å². The average molecular weight is 627 g/mol. The summed E-state index contributed by atoms with van der Waals surface area (Å²) in [6.07, 6.45) is -1.88. The van der Waals surface area contributed by atoms with Gasteiger partial charge in [0.1, 0.15) is 5.70 Å². The van der Waals surface area contributed by atoms with Crippen LogP contribution in [0.2, 0.25) is 0 Å². The number of rotatable bonds is 10. The van der Waals surface area contributed by atoms with Crippen LogP contribution in [0.3, 0.4) is 0 Å². The molecule has 2 aliphatic heterocycles. The second kappa shape index (κ2) is 12.6. The minimum atomic E-state index is -1.85. The van der Waals surface area contributed by atoms with E-state index in [1.807, 2.05) is 67.6 Å². The Hall–Kier alpha value is -4.85. The van der Waals surface area contributed by atoms with Gasteiger partial charge in [0, 0.05) is 25.5 Å². The lowest BCUT2D eigenvalue weighted by molar-refractivity contribution is -0.256. The Morgan fingerprint density at radius 2 is 1.69 bits per heavy atom. The summed E-state index contributed by atoms with van der Waals surface area (Å²) < 4.78 is 19.4. The minimum Gasteiger partial charge on any atom is -0.448 e. The molecule has 0 saturated carbocycles. The molecular weight excluding hydrogens is 596 g/mol. The van der Waals surface area contributed by atoms with Crippen LogP contribution in [0.25, 0.3) is 0 Å². The zero-order valence-electron chi connectivity index (χ0n) is 24.7. The monoisotopic (exact) mass is 626 g/mol. The molecule has 2 aliphatic rings. The summed E-state index contributed by atoms with van der Waals surface area (Å²) in [5.41, 5.74) is 1.51. The molecule has 0 aliphatic carbocycles. The Bertz CT molecular complexity index is 1710. The fraction of sp³-hybridized carbons (Fsp3) is 0.250. The number of tetrazole rings is 1. The van der Waals surface area contributed by atoms with Gasteiger partial charge in [-0.05, 0) is 46.2 Å². The molecule has 1 aromatic heterocycles. The topological polar surface area (TPSA) is 138 Å². The summed E-state index contributed by atoms with van der Waals surface area (Å²) in [6.45, 7) is 1.87. The average Bonchev–Trinajstić information content (AvgIpc) is 3.49. The number of β-lactam (4-membered cyclic amide) rings is 1. The van der Waals surface area contributed by atoms with Crippen molar-refractivity contribution in [1.82, 2.24) is 30.4 Å². The van der Waals surface area contributed by atoms with Gasteiger partial charge < -0.3 is 19.5 Å². The van der Waals surface area contributed by atoms with Crippen molar-refractivity contribution >= 4 is 29.5 Å². The quantitative estimate of drug-likeness (QED) is 0.121. The summed E-state index contributed by atoms with van der Waals surface area (Å²) in [5.74, 6) is -1.69. The van der Waals surface area contributed by atoms with E-state index in [0.29, 0.717) is 16.3 Å². The zero-order chi connectivity index (χ0) is 31.6. The molecule has 12 nitrogen and oxygen atoms in total. The Morgan fingerprint density at radius 3 is 2.27 bits per heavy atom. The number of amides is 2. The lowest BCUT2D eigenvalue weighted by Crippen LogP contribution is -2.82. The van der Waals surface area contributed by atoms with Gasteiger partial charge in [0.2, 0.25) is 5.16 Å². The number of esters is 1. The van der Waals surface area contributed by atoms with E-state index < -0.39 is 35.8 Å². The summed E-state index contributed by atoms with van der Waals surface area (Å²) in [4.78, 5) is 42.6. The lowest BCUT2D eigenvalue weighted by Gasteiger charge is -2.55. The predicted molar refractivity (Wildman–Crippen MR) is 162 cm³/mol. The number of nitrogens with one attached hydrogen (secondary N) is 1. The van der Waals surface area contributed by atoms with Crippen molar-refractivity contribution in [1.29, 1.82) is 0 Å². The smallest absolute Gasteiger partial charge is 0.356 e. The number of thioether (sulfide) groups is 1. The molecule has 2 atom stereocenters.